The van der Waals surface area contributed by atoms with E-state index in [9.17, 15) is 9.59 Å². The maximum Gasteiger partial charge on any atom is 0.342 e. The number of aryl methyl sites for hydroxylation is 1. The molecule has 0 aliphatic carbocycles. The Morgan fingerprint density at radius 3 is 3.00 bits per heavy atom. The molecule has 0 bridgehead atoms. The highest BCUT2D eigenvalue weighted by Gasteiger charge is 2.24. The highest BCUT2D eigenvalue weighted by molar-refractivity contribution is 6.01. The van der Waals surface area contributed by atoms with Gasteiger partial charge in [-0.2, -0.15) is 0 Å². The molecular formula is C13H16N2O3. The quantitative estimate of drug-likeness (QED) is 0.827. The Bertz CT molecular complexity index is 497. The third-order valence-electron chi connectivity index (χ3n) is 2.76. The lowest BCUT2D eigenvalue weighted by Crippen LogP contribution is -2.22. The van der Waals surface area contributed by atoms with Crippen LogP contribution in [-0.4, -0.2) is 23.5 Å². The number of carbonyl (C=O) groups is 2. The molecule has 1 amide bonds. The number of amides is 1. The van der Waals surface area contributed by atoms with Gasteiger partial charge in [-0.3, -0.25) is 4.79 Å². The fraction of sp³-hybridized carbons (Fsp3) is 0.462. The molecule has 0 atom stereocenters. The average Bonchev–Trinajstić information content (AvgIpc) is 2.28. The monoisotopic (exact) mass is 248 g/mol. The van der Waals surface area contributed by atoms with Gasteiger partial charge in [0.1, 0.15) is 11.4 Å². The number of rotatable bonds is 3. The topological polar surface area (TPSA) is 68.3 Å². The normalized spacial score (nSPS) is 13.8. The second kappa shape index (κ2) is 5.16. The first-order valence-corrected chi connectivity index (χ1v) is 6.09. The van der Waals surface area contributed by atoms with Crippen molar-refractivity contribution in [3.05, 3.63) is 22.9 Å². The van der Waals surface area contributed by atoms with E-state index < -0.39 is 5.97 Å². The second-order valence-corrected chi connectivity index (χ2v) is 4.31. The SMILES string of the molecule is CCCc1cc2c(c(NC(C)=O)n1)C(=O)OCC2. The molecule has 18 heavy (non-hydrogen) atoms. The van der Waals surface area contributed by atoms with Crippen LogP contribution < -0.4 is 5.32 Å². The maximum atomic E-state index is 11.7. The van der Waals surface area contributed by atoms with Gasteiger partial charge in [-0.05, 0) is 18.1 Å². The van der Waals surface area contributed by atoms with Crippen LogP contribution in [0.5, 0.6) is 0 Å². The van der Waals surface area contributed by atoms with Crippen LogP contribution in [0.15, 0.2) is 6.07 Å². The van der Waals surface area contributed by atoms with E-state index in [1.165, 1.54) is 6.92 Å². The first-order chi connectivity index (χ1) is 8.61. The van der Waals surface area contributed by atoms with Crippen LogP contribution in [0.1, 0.15) is 41.9 Å². The number of nitrogens with zero attached hydrogens (tertiary/aromatic N) is 1. The van der Waals surface area contributed by atoms with E-state index in [1.807, 2.05) is 6.07 Å². The predicted octanol–water partition coefficient (Wildman–Crippen LogP) is 1.71. The minimum absolute atomic E-state index is 0.239. The number of cyclic esters (lactones) is 1. The molecule has 0 fully saturated rings. The summed E-state index contributed by atoms with van der Waals surface area (Å²) in [6.45, 7) is 3.85. The maximum absolute atomic E-state index is 11.7. The predicted molar refractivity (Wildman–Crippen MR) is 66.5 cm³/mol. The first-order valence-electron chi connectivity index (χ1n) is 6.09. The fourth-order valence-electron chi connectivity index (χ4n) is 2.05. The van der Waals surface area contributed by atoms with Crippen molar-refractivity contribution in [2.24, 2.45) is 0 Å². The van der Waals surface area contributed by atoms with E-state index >= 15 is 0 Å². The largest absolute Gasteiger partial charge is 0.462 e. The van der Waals surface area contributed by atoms with Gasteiger partial charge in [-0.25, -0.2) is 9.78 Å². The second-order valence-electron chi connectivity index (χ2n) is 4.31. The molecule has 0 aromatic carbocycles. The number of hydrogen-bond donors (Lipinski definition) is 1. The van der Waals surface area contributed by atoms with E-state index in [-0.39, 0.29) is 5.91 Å². The molecule has 2 heterocycles. The van der Waals surface area contributed by atoms with Crippen molar-refractivity contribution in [3.8, 4) is 0 Å². The molecule has 0 spiro atoms. The summed E-state index contributed by atoms with van der Waals surface area (Å²) in [6, 6.07) is 1.94. The molecule has 0 saturated heterocycles. The minimum Gasteiger partial charge on any atom is -0.462 e. The summed E-state index contributed by atoms with van der Waals surface area (Å²) < 4.78 is 5.00. The number of fused-ring (bicyclic) bond motifs is 1. The Morgan fingerprint density at radius 1 is 1.56 bits per heavy atom. The van der Waals surface area contributed by atoms with E-state index in [2.05, 4.69) is 17.2 Å². The molecule has 0 radical (unpaired) electrons. The summed E-state index contributed by atoms with van der Waals surface area (Å²) >= 11 is 0. The van der Waals surface area contributed by atoms with Crippen LogP contribution in [0.25, 0.3) is 0 Å². The molecule has 1 N–H and O–H groups in total. The number of aromatic nitrogens is 1. The van der Waals surface area contributed by atoms with Gasteiger partial charge in [0.2, 0.25) is 5.91 Å². The molecule has 5 nitrogen and oxygen atoms in total. The van der Waals surface area contributed by atoms with Crippen LogP contribution in [0.3, 0.4) is 0 Å². The van der Waals surface area contributed by atoms with Gasteiger partial charge in [0.15, 0.2) is 0 Å². The smallest absolute Gasteiger partial charge is 0.342 e. The third kappa shape index (κ3) is 2.50. The van der Waals surface area contributed by atoms with E-state index in [4.69, 9.17) is 4.74 Å². The van der Waals surface area contributed by atoms with E-state index in [0.717, 1.165) is 24.1 Å². The van der Waals surface area contributed by atoms with Gasteiger partial charge in [0.25, 0.3) is 0 Å². The molecule has 1 aromatic heterocycles. The summed E-state index contributed by atoms with van der Waals surface area (Å²) in [5, 5.41) is 2.61. The van der Waals surface area contributed by atoms with Gasteiger partial charge >= 0.3 is 5.97 Å². The number of esters is 1. The lowest BCUT2D eigenvalue weighted by atomic mass is 10.0. The van der Waals surface area contributed by atoms with Crippen LogP contribution >= 0.6 is 0 Å². The Labute approximate surface area is 106 Å². The molecule has 0 unspecified atom stereocenters. The Balaban J connectivity index is 2.49. The van der Waals surface area contributed by atoms with Gasteiger partial charge in [0.05, 0.1) is 6.61 Å². The van der Waals surface area contributed by atoms with Crippen molar-refractivity contribution in [2.75, 3.05) is 11.9 Å². The van der Waals surface area contributed by atoms with E-state index in [0.29, 0.717) is 24.4 Å². The minimum atomic E-state index is -0.407. The first kappa shape index (κ1) is 12.5. The molecule has 1 aromatic rings. The standard InChI is InChI=1S/C13H16N2O3/c1-3-4-10-7-9-5-6-18-13(17)11(9)12(15-10)14-8(2)16/h7H,3-6H2,1-2H3,(H,14,15,16). The molecular weight excluding hydrogens is 232 g/mol. The van der Waals surface area contributed by atoms with Crippen molar-refractivity contribution in [2.45, 2.75) is 33.1 Å². The number of anilines is 1. The highest BCUT2D eigenvalue weighted by Crippen LogP contribution is 2.25. The molecule has 1 aliphatic heterocycles. The summed E-state index contributed by atoms with van der Waals surface area (Å²) in [4.78, 5) is 27.2. The zero-order valence-corrected chi connectivity index (χ0v) is 10.6. The van der Waals surface area contributed by atoms with Crippen LogP contribution in [0.2, 0.25) is 0 Å². The van der Waals surface area contributed by atoms with Crippen LogP contribution in [0, 0.1) is 0 Å². The zero-order valence-electron chi connectivity index (χ0n) is 10.6. The van der Waals surface area contributed by atoms with Crippen molar-refractivity contribution >= 4 is 17.7 Å². The Morgan fingerprint density at radius 2 is 2.33 bits per heavy atom. The number of pyridine rings is 1. The summed E-state index contributed by atoms with van der Waals surface area (Å²) in [5.41, 5.74) is 2.21. The van der Waals surface area contributed by atoms with Crippen LogP contribution in [0.4, 0.5) is 5.82 Å². The van der Waals surface area contributed by atoms with Gasteiger partial charge in [-0.1, -0.05) is 13.3 Å². The fourth-order valence-corrected chi connectivity index (χ4v) is 2.05. The third-order valence-corrected chi connectivity index (χ3v) is 2.76. The lowest BCUT2D eigenvalue weighted by molar-refractivity contribution is -0.114. The number of carbonyl (C=O) groups excluding carboxylic acids is 2. The van der Waals surface area contributed by atoms with Crippen LogP contribution in [-0.2, 0) is 22.4 Å². The van der Waals surface area contributed by atoms with E-state index in [1.54, 1.807) is 0 Å². The van der Waals surface area contributed by atoms with Crippen molar-refractivity contribution in [1.29, 1.82) is 0 Å². The molecule has 0 saturated carbocycles. The Kier molecular flexibility index (Phi) is 3.60. The summed E-state index contributed by atoms with van der Waals surface area (Å²) in [6.07, 6.45) is 2.47. The zero-order chi connectivity index (χ0) is 13.1. The summed E-state index contributed by atoms with van der Waals surface area (Å²) in [7, 11) is 0. The molecule has 96 valence electrons. The van der Waals surface area contributed by atoms with Crippen molar-refractivity contribution < 1.29 is 14.3 Å². The highest BCUT2D eigenvalue weighted by atomic mass is 16.5. The van der Waals surface area contributed by atoms with Crippen molar-refractivity contribution in [3.63, 3.8) is 0 Å². The van der Waals surface area contributed by atoms with Gasteiger partial charge < -0.3 is 10.1 Å². The molecule has 1 aliphatic rings. The van der Waals surface area contributed by atoms with Gasteiger partial charge in [0, 0.05) is 19.0 Å². The number of nitrogens with one attached hydrogen (secondary N) is 1. The van der Waals surface area contributed by atoms with Gasteiger partial charge in [-0.15, -0.1) is 0 Å². The number of hydrogen-bond acceptors (Lipinski definition) is 4. The lowest BCUT2D eigenvalue weighted by Gasteiger charge is -2.19. The average molecular weight is 248 g/mol. The molecule has 2 rings (SSSR count). The summed E-state index contributed by atoms with van der Waals surface area (Å²) in [5.74, 6) is -0.319. The van der Waals surface area contributed by atoms with Crippen molar-refractivity contribution in [1.82, 2.24) is 4.98 Å². The molecule has 5 heteroatoms. The Hall–Kier alpha value is -1.91. The number of ether oxygens (including phenoxy) is 1.